The van der Waals surface area contributed by atoms with Gasteiger partial charge in [0.15, 0.2) is 0 Å². The van der Waals surface area contributed by atoms with Gasteiger partial charge in [0.1, 0.15) is 11.2 Å². The van der Waals surface area contributed by atoms with Crippen molar-refractivity contribution in [1.29, 1.82) is 5.26 Å². The number of nitrogens with zero attached hydrogens (tertiary/aromatic N) is 2. The Bertz CT molecular complexity index is 1410. The number of amides is 1. The quantitative estimate of drug-likeness (QED) is 0.228. The molecule has 42 heavy (non-hydrogen) atoms. The lowest BCUT2D eigenvalue weighted by Crippen LogP contribution is -2.52. The first-order valence-corrected chi connectivity index (χ1v) is 14.3. The Morgan fingerprint density at radius 3 is 1.88 bits per heavy atom. The second kappa shape index (κ2) is 14.2. The molecule has 1 saturated heterocycles. The number of methoxy groups -OCH3 is 1. The number of halogens is 1. The predicted molar refractivity (Wildman–Crippen MR) is 170 cm³/mol. The Morgan fingerprint density at radius 1 is 0.857 bits per heavy atom. The molecule has 1 aliphatic rings. The molecule has 1 heterocycles. The molecule has 4 aromatic carbocycles. The lowest BCUT2D eigenvalue weighted by Gasteiger charge is -2.42. The maximum absolute atomic E-state index is 13.9. The molecule has 0 aliphatic carbocycles. The van der Waals surface area contributed by atoms with Gasteiger partial charge in [-0.05, 0) is 66.7 Å². The minimum absolute atomic E-state index is 0. The van der Waals surface area contributed by atoms with Gasteiger partial charge in [0, 0.05) is 13.1 Å². The van der Waals surface area contributed by atoms with E-state index in [9.17, 15) is 10.1 Å². The van der Waals surface area contributed by atoms with Gasteiger partial charge in [0.25, 0.3) is 0 Å². The van der Waals surface area contributed by atoms with E-state index in [1.165, 1.54) is 0 Å². The molecule has 5 nitrogen and oxygen atoms in total. The van der Waals surface area contributed by atoms with Crippen LogP contribution in [0.3, 0.4) is 0 Å². The molecule has 0 bridgehead atoms. The van der Waals surface area contributed by atoms with E-state index >= 15 is 0 Å². The van der Waals surface area contributed by atoms with Crippen molar-refractivity contribution in [1.82, 2.24) is 10.2 Å². The van der Waals surface area contributed by atoms with E-state index in [4.69, 9.17) is 4.74 Å². The summed E-state index contributed by atoms with van der Waals surface area (Å²) in [7, 11) is 1.65. The van der Waals surface area contributed by atoms with Gasteiger partial charge in [-0.2, -0.15) is 5.26 Å². The Morgan fingerprint density at radius 2 is 1.38 bits per heavy atom. The summed E-state index contributed by atoms with van der Waals surface area (Å²) in [6, 6.07) is 40.9. The number of piperidine rings is 1. The van der Waals surface area contributed by atoms with E-state index in [0.717, 1.165) is 60.5 Å². The number of rotatable bonds is 10. The minimum atomic E-state index is -0.730. The minimum Gasteiger partial charge on any atom is -0.497 e. The maximum atomic E-state index is 13.9. The van der Waals surface area contributed by atoms with Gasteiger partial charge in [-0.15, -0.1) is 12.4 Å². The first-order valence-electron chi connectivity index (χ1n) is 14.3. The fraction of sp³-hybridized carbons (Fsp3) is 0.278. The standard InChI is InChI=1S/C36H37N3O2.ClH/c1-41-33-19-17-29(18-20-33)27-38-34(40)35(30-11-5-2-6-12-30)21-24-39(25-22-35)26-23-36(28-37,31-13-7-3-8-14-31)32-15-9-4-10-16-32;/h2-20H,21-27H2,1H3,(H,38,40);1H. The van der Waals surface area contributed by atoms with Crippen LogP contribution >= 0.6 is 12.4 Å². The van der Waals surface area contributed by atoms with Crippen molar-refractivity contribution in [2.45, 2.75) is 36.6 Å². The van der Waals surface area contributed by atoms with Crippen molar-refractivity contribution < 1.29 is 9.53 Å². The van der Waals surface area contributed by atoms with Crippen LogP contribution in [-0.4, -0.2) is 37.6 Å². The summed E-state index contributed by atoms with van der Waals surface area (Å²) in [6.07, 6.45) is 2.13. The Kier molecular flexibility index (Phi) is 10.4. The average Bonchev–Trinajstić information content (AvgIpc) is 3.06. The number of nitrogens with one attached hydrogen (secondary N) is 1. The summed E-state index contributed by atoms with van der Waals surface area (Å²) in [5.74, 6) is 0.868. The number of carbonyl (C=O) groups is 1. The van der Waals surface area contributed by atoms with Gasteiger partial charge in [-0.3, -0.25) is 4.79 Å². The van der Waals surface area contributed by atoms with Crippen molar-refractivity contribution in [2.75, 3.05) is 26.7 Å². The zero-order valence-corrected chi connectivity index (χ0v) is 24.9. The fourth-order valence-electron chi connectivity index (χ4n) is 6.07. The Balaban J connectivity index is 0.00000405. The average molecular weight is 580 g/mol. The molecule has 6 heteroatoms. The number of hydrogen-bond acceptors (Lipinski definition) is 4. The summed E-state index contributed by atoms with van der Waals surface area (Å²) in [5.41, 5.74) is 2.81. The SMILES string of the molecule is COc1ccc(CNC(=O)C2(c3ccccc3)CCN(CCC(C#N)(c3ccccc3)c3ccccc3)CC2)cc1.Cl. The van der Waals surface area contributed by atoms with Crippen molar-refractivity contribution in [3.05, 3.63) is 138 Å². The molecule has 1 N–H and O–H groups in total. The highest BCUT2D eigenvalue weighted by molar-refractivity contribution is 5.88. The molecule has 0 saturated carbocycles. The molecule has 0 atom stereocenters. The molecule has 0 spiro atoms. The summed E-state index contributed by atoms with van der Waals surface area (Å²) in [5, 5.41) is 13.8. The van der Waals surface area contributed by atoms with E-state index in [-0.39, 0.29) is 18.3 Å². The van der Waals surface area contributed by atoms with Gasteiger partial charge in [0.2, 0.25) is 5.91 Å². The second-order valence-corrected chi connectivity index (χ2v) is 10.8. The van der Waals surface area contributed by atoms with Gasteiger partial charge < -0.3 is 15.0 Å². The van der Waals surface area contributed by atoms with Crippen LogP contribution in [0.1, 0.15) is 41.5 Å². The third-order valence-electron chi connectivity index (χ3n) is 8.61. The highest BCUT2D eigenvalue weighted by Gasteiger charge is 2.43. The van der Waals surface area contributed by atoms with Crippen LogP contribution in [0.25, 0.3) is 0 Å². The number of ether oxygens (including phenoxy) is 1. The molecule has 0 aromatic heterocycles. The zero-order chi connectivity index (χ0) is 28.5. The normalized spacial score (nSPS) is 14.7. The highest BCUT2D eigenvalue weighted by atomic mass is 35.5. The highest BCUT2D eigenvalue weighted by Crippen LogP contribution is 2.39. The summed E-state index contributed by atoms with van der Waals surface area (Å²) < 4.78 is 5.26. The molecule has 0 unspecified atom stereocenters. The molecular formula is C36H38ClN3O2. The topological polar surface area (TPSA) is 65.4 Å². The third-order valence-corrected chi connectivity index (χ3v) is 8.61. The van der Waals surface area contributed by atoms with Gasteiger partial charge in [-0.1, -0.05) is 103 Å². The molecule has 1 aliphatic heterocycles. The molecule has 5 rings (SSSR count). The Hall–Kier alpha value is -4.11. The van der Waals surface area contributed by atoms with Crippen LogP contribution in [0.5, 0.6) is 5.75 Å². The number of hydrogen-bond donors (Lipinski definition) is 1. The second-order valence-electron chi connectivity index (χ2n) is 10.8. The van der Waals surface area contributed by atoms with Gasteiger partial charge in [0.05, 0.1) is 18.6 Å². The molecule has 1 amide bonds. The number of benzene rings is 4. The van der Waals surface area contributed by atoms with Crippen molar-refractivity contribution in [3.8, 4) is 11.8 Å². The summed E-state index contributed by atoms with van der Waals surface area (Å²) in [6.45, 7) is 2.82. The van der Waals surface area contributed by atoms with Crippen LogP contribution in [0.4, 0.5) is 0 Å². The molecule has 0 radical (unpaired) electrons. The van der Waals surface area contributed by atoms with Gasteiger partial charge in [-0.25, -0.2) is 0 Å². The predicted octanol–water partition coefficient (Wildman–Crippen LogP) is 6.67. The van der Waals surface area contributed by atoms with E-state index in [1.807, 2.05) is 78.9 Å². The molecule has 4 aromatic rings. The first-order chi connectivity index (χ1) is 20.1. The summed E-state index contributed by atoms with van der Waals surface area (Å²) in [4.78, 5) is 16.3. The Labute approximate surface area is 255 Å². The number of carbonyl (C=O) groups excluding carboxylic acids is 1. The molecule has 1 fully saturated rings. The zero-order valence-electron chi connectivity index (χ0n) is 24.0. The van der Waals surface area contributed by atoms with Crippen LogP contribution in [0.15, 0.2) is 115 Å². The van der Waals surface area contributed by atoms with Crippen LogP contribution in [0, 0.1) is 11.3 Å². The monoisotopic (exact) mass is 579 g/mol. The van der Waals surface area contributed by atoms with E-state index in [0.29, 0.717) is 13.0 Å². The fourth-order valence-corrected chi connectivity index (χ4v) is 6.07. The number of likely N-dealkylation sites (tertiary alicyclic amines) is 1. The van der Waals surface area contributed by atoms with Crippen LogP contribution in [-0.2, 0) is 22.2 Å². The maximum Gasteiger partial charge on any atom is 0.231 e. The van der Waals surface area contributed by atoms with Crippen LogP contribution < -0.4 is 10.1 Å². The van der Waals surface area contributed by atoms with Crippen molar-refractivity contribution >= 4 is 18.3 Å². The van der Waals surface area contributed by atoms with Crippen molar-refractivity contribution in [3.63, 3.8) is 0 Å². The van der Waals surface area contributed by atoms with Crippen LogP contribution in [0.2, 0.25) is 0 Å². The van der Waals surface area contributed by atoms with Crippen molar-refractivity contribution in [2.24, 2.45) is 0 Å². The largest absolute Gasteiger partial charge is 0.497 e. The smallest absolute Gasteiger partial charge is 0.231 e. The first kappa shape index (κ1) is 30.8. The van der Waals surface area contributed by atoms with E-state index in [1.54, 1.807) is 7.11 Å². The lowest BCUT2D eigenvalue weighted by atomic mass is 9.71. The molecule has 216 valence electrons. The molecular weight excluding hydrogens is 542 g/mol. The van der Waals surface area contributed by atoms with E-state index < -0.39 is 10.8 Å². The number of nitriles is 1. The lowest BCUT2D eigenvalue weighted by molar-refractivity contribution is -0.128. The summed E-state index contributed by atoms with van der Waals surface area (Å²) >= 11 is 0. The van der Waals surface area contributed by atoms with Gasteiger partial charge >= 0.3 is 0 Å². The van der Waals surface area contributed by atoms with E-state index in [2.05, 4.69) is 52.7 Å². The third kappa shape index (κ3) is 6.51.